The molecule has 25 heavy (non-hydrogen) atoms. The minimum absolute atomic E-state index is 0.0107. The van der Waals surface area contributed by atoms with E-state index in [0.717, 1.165) is 43.1 Å². The second-order valence-corrected chi connectivity index (χ2v) is 8.63. The van der Waals surface area contributed by atoms with Gasteiger partial charge in [0.15, 0.2) is 0 Å². The van der Waals surface area contributed by atoms with Gasteiger partial charge in [0.1, 0.15) is 5.37 Å². The molecule has 2 fully saturated rings. The maximum atomic E-state index is 12.4. The Bertz CT molecular complexity index is 644. The van der Waals surface area contributed by atoms with Crippen LogP contribution in [0.1, 0.15) is 37.6 Å². The molecule has 0 unspecified atom stereocenters. The summed E-state index contributed by atoms with van der Waals surface area (Å²) in [6, 6.07) is 7.78. The molecular weight excluding hydrogens is 356 g/mol. The Kier molecular flexibility index (Phi) is 5.95. The lowest BCUT2D eigenvalue weighted by molar-refractivity contribution is -0.136. The maximum Gasteiger partial charge on any atom is 0.233 e. The molecule has 3 rings (SSSR count). The Labute approximate surface area is 158 Å². The summed E-state index contributed by atoms with van der Waals surface area (Å²) in [5, 5.41) is 0.730. The van der Waals surface area contributed by atoms with Gasteiger partial charge in [0, 0.05) is 36.1 Å². The number of nitrogens with zero attached hydrogens (tertiary/aromatic N) is 2. The fraction of sp³-hybridized carbons (Fsp3) is 0.579. The fourth-order valence-electron chi connectivity index (χ4n) is 3.56. The molecule has 0 spiro atoms. The summed E-state index contributed by atoms with van der Waals surface area (Å²) >= 11 is 8.00. The Balaban J connectivity index is 1.63. The Hall–Kier alpha value is -1.20. The monoisotopic (exact) mass is 380 g/mol. The molecule has 2 heterocycles. The molecule has 2 aliphatic rings. The molecule has 0 aliphatic carbocycles. The largest absolute Gasteiger partial charge is 0.342 e. The van der Waals surface area contributed by atoms with Crippen molar-refractivity contribution in [3.05, 3.63) is 34.9 Å². The van der Waals surface area contributed by atoms with Gasteiger partial charge in [0.2, 0.25) is 11.8 Å². The summed E-state index contributed by atoms with van der Waals surface area (Å²) in [6.07, 6.45) is 1.92. The third-order valence-electron chi connectivity index (χ3n) is 5.01. The van der Waals surface area contributed by atoms with Gasteiger partial charge in [-0.05, 0) is 24.8 Å². The van der Waals surface area contributed by atoms with Gasteiger partial charge >= 0.3 is 0 Å². The lowest BCUT2D eigenvalue weighted by Gasteiger charge is -2.36. The lowest BCUT2D eigenvalue weighted by atomic mass is 9.95. The van der Waals surface area contributed by atoms with Crippen LogP contribution in [0.3, 0.4) is 0 Å². The summed E-state index contributed by atoms with van der Waals surface area (Å²) in [7, 11) is 0. The van der Waals surface area contributed by atoms with E-state index in [1.54, 1.807) is 11.8 Å². The Morgan fingerprint density at radius 3 is 2.60 bits per heavy atom. The highest BCUT2D eigenvalue weighted by Gasteiger charge is 2.36. The van der Waals surface area contributed by atoms with Gasteiger partial charge < -0.3 is 9.80 Å². The van der Waals surface area contributed by atoms with Crippen LogP contribution in [-0.4, -0.2) is 47.0 Å². The van der Waals surface area contributed by atoms with Crippen LogP contribution >= 0.6 is 23.4 Å². The molecule has 4 nitrogen and oxygen atoms in total. The number of piperidine rings is 1. The van der Waals surface area contributed by atoms with Crippen molar-refractivity contribution in [2.24, 2.45) is 11.8 Å². The molecule has 6 heteroatoms. The Morgan fingerprint density at radius 1 is 1.28 bits per heavy atom. The van der Waals surface area contributed by atoms with Crippen LogP contribution in [0.4, 0.5) is 0 Å². The summed E-state index contributed by atoms with van der Waals surface area (Å²) in [4.78, 5) is 28.5. The van der Waals surface area contributed by atoms with E-state index in [9.17, 15) is 9.59 Å². The van der Waals surface area contributed by atoms with Gasteiger partial charge in [-0.3, -0.25) is 9.59 Å². The first-order chi connectivity index (χ1) is 12.0. The number of rotatable bonds is 4. The van der Waals surface area contributed by atoms with Crippen molar-refractivity contribution in [3.8, 4) is 0 Å². The molecule has 1 aromatic carbocycles. The second-order valence-electron chi connectivity index (χ2n) is 7.15. The zero-order valence-electron chi connectivity index (χ0n) is 14.8. The summed E-state index contributed by atoms with van der Waals surface area (Å²) in [5.41, 5.74) is 1.02. The third-order valence-corrected chi connectivity index (χ3v) is 6.60. The predicted molar refractivity (Wildman–Crippen MR) is 103 cm³/mol. The van der Waals surface area contributed by atoms with Crippen LogP contribution in [0.25, 0.3) is 0 Å². The normalized spacial score (nSPS) is 22.1. The van der Waals surface area contributed by atoms with Crippen LogP contribution in [0, 0.1) is 11.8 Å². The van der Waals surface area contributed by atoms with Crippen molar-refractivity contribution in [1.82, 2.24) is 9.80 Å². The van der Waals surface area contributed by atoms with Crippen molar-refractivity contribution in [2.45, 2.75) is 32.1 Å². The maximum absolute atomic E-state index is 12.4. The van der Waals surface area contributed by atoms with Crippen LogP contribution in [0.15, 0.2) is 24.3 Å². The zero-order valence-corrected chi connectivity index (χ0v) is 16.4. The average molecular weight is 381 g/mol. The van der Waals surface area contributed by atoms with E-state index in [4.69, 9.17) is 11.6 Å². The van der Waals surface area contributed by atoms with Gasteiger partial charge in [-0.15, -0.1) is 11.8 Å². The van der Waals surface area contributed by atoms with Gasteiger partial charge in [-0.25, -0.2) is 0 Å². The number of benzene rings is 1. The number of amides is 2. The molecular formula is C19H25ClN2O2S. The van der Waals surface area contributed by atoms with Crippen molar-refractivity contribution in [1.29, 1.82) is 0 Å². The summed E-state index contributed by atoms with van der Waals surface area (Å²) in [6.45, 7) is 6.25. The van der Waals surface area contributed by atoms with E-state index in [0.29, 0.717) is 11.7 Å². The number of thioether (sulfide) groups is 1. The fourth-order valence-corrected chi connectivity index (χ4v) is 5.10. The highest BCUT2D eigenvalue weighted by Crippen LogP contribution is 2.42. The minimum Gasteiger partial charge on any atom is -0.342 e. The highest BCUT2D eigenvalue weighted by atomic mass is 35.5. The molecule has 0 radical (unpaired) electrons. The number of halogens is 1. The lowest BCUT2D eigenvalue weighted by Crippen LogP contribution is -2.43. The van der Waals surface area contributed by atoms with E-state index >= 15 is 0 Å². The quantitative estimate of drug-likeness (QED) is 0.797. The number of carbonyl (C=O) groups is 2. The molecule has 0 bridgehead atoms. The van der Waals surface area contributed by atoms with E-state index in [1.165, 1.54) is 0 Å². The highest BCUT2D eigenvalue weighted by molar-refractivity contribution is 8.00. The van der Waals surface area contributed by atoms with Crippen LogP contribution < -0.4 is 0 Å². The third kappa shape index (κ3) is 4.14. The Morgan fingerprint density at radius 2 is 1.96 bits per heavy atom. The first-order valence-electron chi connectivity index (χ1n) is 8.91. The molecule has 2 saturated heterocycles. The first kappa shape index (κ1) is 18.6. The molecule has 1 atom stereocenters. The molecule has 0 saturated carbocycles. The molecule has 0 N–H and O–H groups in total. The van der Waals surface area contributed by atoms with E-state index < -0.39 is 0 Å². The number of carbonyl (C=O) groups excluding carboxylic acids is 2. The second kappa shape index (κ2) is 8.00. The van der Waals surface area contributed by atoms with E-state index in [1.807, 2.05) is 47.9 Å². The number of hydrogen-bond donors (Lipinski definition) is 0. The molecule has 0 aromatic heterocycles. The van der Waals surface area contributed by atoms with Crippen LogP contribution in [-0.2, 0) is 9.59 Å². The van der Waals surface area contributed by atoms with Crippen LogP contribution in [0.2, 0.25) is 5.02 Å². The SMILES string of the molecule is CC(C)C(=O)N1CCC(CN2C(=O)CS[C@@H]2c2ccccc2Cl)CC1. The summed E-state index contributed by atoms with van der Waals surface area (Å²) < 4.78 is 0. The van der Waals surface area contributed by atoms with Gasteiger partial charge in [-0.1, -0.05) is 43.6 Å². The van der Waals surface area contributed by atoms with Gasteiger partial charge in [0.25, 0.3) is 0 Å². The van der Waals surface area contributed by atoms with Crippen molar-refractivity contribution in [3.63, 3.8) is 0 Å². The van der Waals surface area contributed by atoms with Gasteiger partial charge in [0.05, 0.1) is 5.75 Å². The first-order valence-corrected chi connectivity index (χ1v) is 10.3. The number of likely N-dealkylation sites (tertiary alicyclic amines) is 1. The summed E-state index contributed by atoms with van der Waals surface area (Å²) in [5.74, 6) is 1.44. The van der Waals surface area contributed by atoms with Crippen LogP contribution in [0.5, 0.6) is 0 Å². The van der Waals surface area contributed by atoms with E-state index in [2.05, 4.69) is 0 Å². The standard InChI is InChI=1S/C19H25ClN2O2S/c1-13(2)18(24)21-9-7-14(8-10-21)11-22-17(23)12-25-19(22)15-5-3-4-6-16(15)20/h3-6,13-14,19H,7-12H2,1-2H3/t19-/m1/s1. The zero-order chi connectivity index (χ0) is 18.0. The van der Waals surface area contributed by atoms with Crippen molar-refractivity contribution < 1.29 is 9.59 Å². The smallest absolute Gasteiger partial charge is 0.233 e. The topological polar surface area (TPSA) is 40.6 Å². The van der Waals surface area contributed by atoms with E-state index in [-0.39, 0.29) is 23.1 Å². The number of hydrogen-bond acceptors (Lipinski definition) is 3. The van der Waals surface area contributed by atoms with Crippen molar-refractivity contribution >= 4 is 35.2 Å². The molecule has 136 valence electrons. The predicted octanol–water partition coefficient (Wildman–Crippen LogP) is 3.81. The molecule has 2 amide bonds. The van der Waals surface area contributed by atoms with Gasteiger partial charge in [-0.2, -0.15) is 0 Å². The molecule has 2 aliphatic heterocycles. The minimum atomic E-state index is 0.0107. The molecule has 1 aromatic rings. The average Bonchev–Trinajstić information content (AvgIpc) is 2.96. The van der Waals surface area contributed by atoms with Crippen molar-refractivity contribution in [2.75, 3.05) is 25.4 Å².